The predicted molar refractivity (Wildman–Crippen MR) is 132 cm³/mol. The van der Waals surface area contributed by atoms with Crippen molar-refractivity contribution in [1.82, 2.24) is 10.2 Å². The van der Waals surface area contributed by atoms with Gasteiger partial charge in [0.15, 0.2) is 0 Å². The van der Waals surface area contributed by atoms with Gasteiger partial charge in [-0.2, -0.15) is 0 Å². The van der Waals surface area contributed by atoms with Crippen molar-refractivity contribution in [1.29, 1.82) is 0 Å². The van der Waals surface area contributed by atoms with E-state index in [-0.39, 0.29) is 32.4 Å². The van der Waals surface area contributed by atoms with Crippen molar-refractivity contribution in [2.24, 2.45) is 5.92 Å². The minimum absolute atomic E-state index is 0.0956. The number of nitrogens with zero attached hydrogens (tertiary/aromatic N) is 1. The van der Waals surface area contributed by atoms with Crippen molar-refractivity contribution in [3.8, 4) is 0 Å². The standard InChI is InChI=1S/C26H40N2O8/c1-4-5-13-28-15-20(29)24(33)23(32)19(28)16-36-22(31)12-11-21(30)27-26(17(2)3,25(34)35)14-18-9-7-6-8-10-18/h6-10,17,19-20,23-24,29,32-33H,4-5,11-16H2,1-3H3,(H,27,30)(H,34,35)/t19-,20+,23-,24-,26+/m1/s1. The van der Waals surface area contributed by atoms with Crippen molar-refractivity contribution >= 4 is 17.8 Å². The van der Waals surface area contributed by atoms with Gasteiger partial charge in [-0.15, -0.1) is 0 Å². The Balaban J connectivity index is 1.95. The highest BCUT2D eigenvalue weighted by molar-refractivity contribution is 5.89. The molecule has 0 aliphatic carbocycles. The molecule has 0 bridgehead atoms. The van der Waals surface area contributed by atoms with Gasteiger partial charge in [-0.1, -0.05) is 57.5 Å². The lowest BCUT2D eigenvalue weighted by Gasteiger charge is -2.43. The van der Waals surface area contributed by atoms with Gasteiger partial charge < -0.3 is 30.5 Å². The lowest BCUT2D eigenvalue weighted by molar-refractivity contribution is -0.163. The summed E-state index contributed by atoms with van der Waals surface area (Å²) in [5.74, 6) is -2.84. The van der Waals surface area contributed by atoms with E-state index in [1.165, 1.54) is 0 Å². The third kappa shape index (κ3) is 7.73. The van der Waals surface area contributed by atoms with E-state index in [1.807, 2.05) is 13.0 Å². The highest BCUT2D eigenvalue weighted by Crippen LogP contribution is 2.24. The second kappa shape index (κ2) is 13.7. The number of aliphatic hydroxyl groups excluding tert-OH is 3. The number of hydrogen-bond acceptors (Lipinski definition) is 8. The number of amides is 1. The molecular weight excluding hydrogens is 468 g/mol. The molecule has 5 N–H and O–H groups in total. The molecule has 0 unspecified atom stereocenters. The van der Waals surface area contributed by atoms with Crippen LogP contribution in [0, 0.1) is 5.92 Å². The second-order valence-electron chi connectivity index (χ2n) is 9.79. The fraction of sp³-hybridized carbons (Fsp3) is 0.654. The number of carboxylic acid groups (broad SMARTS) is 1. The van der Waals surface area contributed by atoms with E-state index in [0.29, 0.717) is 6.54 Å². The third-order valence-electron chi connectivity index (χ3n) is 6.85. The molecule has 0 radical (unpaired) electrons. The number of nitrogens with one attached hydrogen (secondary N) is 1. The lowest BCUT2D eigenvalue weighted by Crippen LogP contribution is -2.62. The van der Waals surface area contributed by atoms with Crippen LogP contribution in [0.4, 0.5) is 0 Å². The first kappa shape index (κ1) is 29.7. The molecule has 5 atom stereocenters. The van der Waals surface area contributed by atoms with Crippen LogP contribution in [0.2, 0.25) is 0 Å². The number of benzene rings is 1. The van der Waals surface area contributed by atoms with E-state index in [9.17, 15) is 34.8 Å². The van der Waals surface area contributed by atoms with Crippen LogP contribution in [0.15, 0.2) is 30.3 Å². The lowest BCUT2D eigenvalue weighted by atomic mass is 9.80. The number of aliphatic carboxylic acids is 1. The Bertz CT molecular complexity index is 865. The smallest absolute Gasteiger partial charge is 0.330 e. The summed E-state index contributed by atoms with van der Waals surface area (Å²) in [5.41, 5.74) is -0.773. The Labute approximate surface area is 212 Å². The molecule has 1 saturated heterocycles. The topological polar surface area (TPSA) is 157 Å². The van der Waals surface area contributed by atoms with Gasteiger partial charge >= 0.3 is 11.9 Å². The van der Waals surface area contributed by atoms with Crippen molar-refractivity contribution in [2.75, 3.05) is 19.7 Å². The highest BCUT2D eigenvalue weighted by atomic mass is 16.5. The summed E-state index contributed by atoms with van der Waals surface area (Å²) in [5, 5.41) is 43.0. The van der Waals surface area contributed by atoms with Gasteiger partial charge in [-0.3, -0.25) is 14.5 Å². The minimum atomic E-state index is -1.54. The molecule has 1 aliphatic heterocycles. The van der Waals surface area contributed by atoms with Gasteiger partial charge in [-0.25, -0.2) is 4.79 Å². The highest BCUT2D eigenvalue weighted by Gasteiger charge is 2.44. The van der Waals surface area contributed by atoms with Gasteiger partial charge in [0, 0.05) is 19.4 Å². The number of carbonyl (C=O) groups is 3. The second-order valence-corrected chi connectivity index (χ2v) is 9.79. The van der Waals surface area contributed by atoms with Gasteiger partial charge in [0.1, 0.15) is 24.4 Å². The zero-order valence-electron chi connectivity index (χ0n) is 21.3. The Morgan fingerprint density at radius 3 is 2.36 bits per heavy atom. The van der Waals surface area contributed by atoms with Crippen LogP contribution in [0.1, 0.15) is 52.0 Å². The molecule has 1 amide bonds. The molecule has 1 aromatic rings. The number of carboxylic acids is 1. The van der Waals surface area contributed by atoms with Crippen molar-refractivity contribution < 1.29 is 39.5 Å². The average molecular weight is 509 g/mol. The molecular formula is C26H40N2O8. The Hall–Kier alpha value is -2.53. The number of ether oxygens (including phenoxy) is 1. The van der Waals surface area contributed by atoms with E-state index >= 15 is 0 Å². The van der Waals surface area contributed by atoms with Crippen molar-refractivity contribution in [3.05, 3.63) is 35.9 Å². The number of aliphatic hydroxyl groups is 3. The van der Waals surface area contributed by atoms with Crippen LogP contribution < -0.4 is 5.32 Å². The van der Waals surface area contributed by atoms with E-state index in [4.69, 9.17) is 4.74 Å². The van der Waals surface area contributed by atoms with Gasteiger partial charge in [0.05, 0.1) is 18.6 Å². The van der Waals surface area contributed by atoms with E-state index in [0.717, 1.165) is 18.4 Å². The maximum atomic E-state index is 12.7. The molecule has 1 aromatic carbocycles. The number of β-amino-alcohol motifs (C(OH)–C–C–N with tert-alkyl or cyclic N) is 1. The van der Waals surface area contributed by atoms with E-state index in [2.05, 4.69) is 5.32 Å². The Morgan fingerprint density at radius 1 is 1.11 bits per heavy atom. The monoisotopic (exact) mass is 508 g/mol. The van der Waals surface area contributed by atoms with Gasteiger partial charge in [-0.05, 0) is 24.4 Å². The fourth-order valence-corrected chi connectivity index (χ4v) is 4.44. The summed E-state index contributed by atoms with van der Waals surface area (Å²) in [7, 11) is 0. The molecule has 1 heterocycles. The first-order chi connectivity index (χ1) is 17.0. The first-order valence-corrected chi connectivity index (χ1v) is 12.5. The van der Waals surface area contributed by atoms with E-state index in [1.54, 1.807) is 43.0 Å². The molecule has 0 aromatic heterocycles. The SMILES string of the molecule is CCCCN1C[C@H](O)[C@@H](O)[C@H](O)[C@H]1COC(=O)CCC(=O)N[C@](Cc1ccccc1)(C(=O)O)C(C)C. The van der Waals surface area contributed by atoms with Crippen LogP contribution >= 0.6 is 0 Å². The molecule has 0 saturated carbocycles. The van der Waals surface area contributed by atoms with Gasteiger partial charge in [0.2, 0.25) is 5.91 Å². The maximum absolute atomic E-state index is 12.7. The minimum Gasteiger partial charge on any atom is -0.479 e. The van der Waals surface area contributed by atoms with Crippen LogP contribution in [0.25, 0.3) is 0 Å². The normalized spacial score (nSPS) is 24.2. The zero-order chi connectivity index (χ0) is 26.9. The van der Waals surface area contributed by atoms with Crippen LogP contribution in [-0.2, 0) is 25.5 Å². The zero-order valence-corrected chi connectivity index (χ0v) is 21.3. The Kier molecular flexibility index (Phi) is 11.3. The predicted octanol–water partition coefficient (Wildman–Crippen LogP) is 0.715. The van der Waals surface area contributed by atoms with Crippen LogP contribution in [-0.4, -0.2) is 92.8 Å². The molecule has 10 heteroatoms. The molecule has 202 valence electrons. The molecule has 36 heavy (non-hydrogen) atoms. The van der Waals surface area contributed by atoms with E-state index < -0.39 is 53.7 Å². The molecule has 0 spiro atoms. The Morgan fingerprint density at radius 2 is 1.78 bits per heavy atom. The summed E-state index contributed by atoms with van der Waals surface area (Å²) in [6.45, 7) is 5.96. The van der Waals surface area contributed by atoms with Gasteiger partial charge in [0.25, 0.3) is 0 Å². The molecule has 1 fully saturated rings. The number of piperidine rings is 1. The van der Waals surface area contributed by atoms with Crippen LogP contribution in [0.3, 0.4) is 0 Å². The average Bonchev–Trinajstić information content (AvgIpc) is 2.84. The summed E-state index contributed by atoms with van der Waals surface area (Å²) in [6.07, 6.45) is -2.46. The van der Waals surface area contributed by atoms with Crippen LogP contribution in [0.5, 0.6) is 0 Å². The number of rotatable bonds is 13. The third-order valence-corrected chi connectivity index (χ3v) is 6.85. The quantitative estimate of drug-likeness (QED) is 0.242. The first-order valence-electron chi connectivity index (χ1n) is 12.5. The molecule has 2 rings (SSSR count). The number of hydrogen-bond donors (Lipinski definition) is 5. The molecule has 10 nitrogen and oxygen atoms in total. The molecule has 1 aliphatic rings. The fourth-order valence-electron chi connectivity index (χ4n) is 4.44. The van der Waals surface area contributed by atoms with Crippen molar-refractivity contribution in [2.45, 2.75) is 82.8 Å². The summed E-state index contributed by atoms with van der Waals surface area (Å²) < 4.78 is 5.29. The maximum Gasteiger partial charge on any atom is 0.330 e. The summed E-state index contributed by atoms with van der Waals surface area (Å²) in [6, 6.07) is 8.33. The van der Waals surface area contributed by atoms with Crippen molar-refractivity contribution in [3.63, 3.8) is 0 Å². The number of esters is 1. The largest absolute Gasteiger partial charge is 0.479 e. The summed E-state index contributed by atoms with van der Waals surface area (Å²) >= 11 is 0. The number of unbranched alkanes of at least 4 members (excludes halogenated alkanes) is 1. The summed E-state index contributed by atoms with van der Waals surface area (Å²) in [4.78, 5) is 39.1. The number of carbonyl (C=O) groups excluding carboxylic acids is 2. The number of likely N-dealkylation sites (tertiary alicyclic amines) is 1.